The van der Waals surface area contributed by atoms with Crippen molar-refractivity contribution in [2.75, 3.05) is 13.1 Å². The zero-order chi connectivity index (χ0) is 12.3. The molecule has 1 aliphatic heterocycles. The first-order chi connectivity index (χ1) is 8.18. The van der Waals surface area contributed by atoms with E-state index in [0.717, 1.165) is 31.5 Å². The van der Waals surface area contributed by atoms with Gasteiger partial charge in [-0.1, -0.05) is 12.1 Å². The van der Waals surface area contributed by atoms with Gasteiger partial charge in [0, 0.05) is 18.7 Å². The highest BCUT2D eigenvalue weighted by atomic mass is 19.1. The Hall–Kier alpha value is -1.38. The average Bonchev–Trinajstić information content (AvgIpc) is 2.35. The molecule has 0 atom stereocenters. The Morgan fingerprint density at radius 1 is 1.29 bits per heavy atom. The van der Waals surface area contributed by atoms with Crippen molar-refractivity contribution in [3.8, 4) is 0 Å². The van der Waals surface area contributed by atoms with Crippen molar-refractivity contribution in [2.45, 2.75) is 32.6 Å². The first-order valence-corrected chi connectivity index (χ1v) is 6.20. The van der Waals surface area contributed by atoms with Gasteiger partial charge in [-0.25, -0.2) is 4.39 Å². The van der Waals surface area contributed by atoms with Crippen molar-refractivity contribution in [3.05, 3.63) is 35.1 Å². The molecule has 0 saturated carbocycles. The van der Waals surface area contributed by atoms with Crippen LogP contribution in [0.15, 0.2) is 18.2 Å². The Morgan fingerprint density at radius 3 is 2.65 bits per heavy atom. The van der Waals surface area contributed by atoms with Crippen molar-refractivity contribution in [1.29, 1.82) is 0 Å². The zero-order valence-electron chi connectivity index (χ0n) is 10.2. The Kier molecular flexibility index (Phi) is 3.77. The molecule has 0 radical (unpaired) electrons. The predicted octanol–water partition coefficient (Wildman–Crippen LogP) is 2.69. The van der Waals surface area contributed by atoms with E-state index in [1.54, 1.807) is 6.07 Å². The monoisotopic (exact) mass is 235 g/mol. The summed E-state index contributed by atoms with van der Waals surface area (Å²) in [4.78, 5) is 13.9. The quantitative estimate of drug-likeness (QED) is 0.771. The summed E-state index contributed by atoms with van der Waals surface area (Å²) in [5.41, 5.74) is 1.40. The van der Waals surface area contributed by atoms with Crippen LogP contribution in [0.5, 0.6) is 0 Å². The van der Waals surface area contributed by atoms with E-state index in [1.807, 2.05) is 17.9 Å². The lowest BCUT2D eigenvalue weighted by molar-refractivity contribution is -0.131. The Bertz CT molecular complexity index is 390. The van der Waals surface area contributed by atoms with Crippen LogP contribution in [0, 0.1) is 12.7 Å². The molecule has 1 saturated heterocycles. The molecule has 17 heavy (non-hydrogen) atoms. The second-order valence-corrected chi connectivity index (χ2v) is 4.65. The van der Waals surface area contributed by atoms with Crippen molar-refractivity contribution in [2.24, 2.45) is 0 Å². The molecule has 0 N–H and O–H groups in total. The molecule has 1 aliphatic rings. The minimum absolute atomic E-state index is 0.0536. The van der Waals surface area contributed by atoms with Crippen molar-refractivity contribution in [1.82, 2.24) is 4.90 Å². The van der Waals surface area contributed by atoms with Crippen LogP contribution < -0.4 is 0 Å². The molecule has 1 aromatic rings. The third-order valence-corrected chi connectivity index (χ3v) is 3.39. The number of aryl methyl sites for hydroxylation is 1. The molecule has 0 unspecified atom stereocenters. The third-order valence-electron chi connectivity index (χ3n) is 3.39. The van der Waals surface area contributed by atoms with Gasteiger partial charge in [0.05, 0.1) is 6.42 Å². The van der Waals surface area contributed by atoms with E-state index >= 15 is 0 Å². The predicted molar refractivity (Wildman–Crippen MR) is 65.3 cm³/mol. The van der Waals surface area contributed by atoms with Gasteiger partial charge in [-0.2, -0.15) is 0 Å². The van der Waals surface area contributed by atoms with Crippen LogP contribution in [-0.2, 0) is 11.2 Å². The summed E-state index contributed by atoms with van der Waals surface area (Å²) < 4.78 is 13.6. The molecule has 1 amide bonds. The van der Waals surface area contributed by atoms with Crippen LogP contribution in [0.2, 0.25) is 0 Å². The van der Waals surface area contributed by atoms with E-state index in [2.05, 4.69) is 0 Å². The standard InChI is InChI=1S/C14H18FNO/c1-11-6-5-7-13(15)12(11)10-14(17)16-8-3-2-4-9-16/h5-7H,2-4,8-10H2,1H3. The Balaban J connectivity index is 2.07. The second-order valence-electron chi connectivity index (χ2n) is 4.65. The normalized spacial score (nSPS) is 16.0. The van der Waals surface area contributed by atoms with Gasteiger partial charge in [-0.15, -0.1) is 0 Å². The average molecular weight is 235 g/mol. The molecule has 1 heterocycles. The number of benzene rings is 1. The first kappa shape index (κ1) is 12.1. The molecule has 2 nitrogen and oxygen atoms in total. The van der Waals surface area contributed by atoms with Gasteiger partial charge >= 0.3 is 0 Å². The number of carbonyl (C=O) groups is 1. The summed E-state index contributed by atoms with van der Waals surface area (Å²) in [6, 6.07) is 4.95. The summed E-state index contributed by atoms with van der Waals surface area (Å²) in [6.07, 6.45) is 3.53. The second kappa shape index (κ2) is 5.30. The van der Waals surface area contributed by atoms with Gasteiger partial charge in [0.2, 0.25) is 5.91 Å². The van der Waals surface area contributed by atoms with Gasteiger partial charge in [-0.3, -0.25) is 4.79 Å². The van der Waals surface area contributed by atoms with E-state index < -0.39 is 0 Å². The number of amides is 1. The van der Waals surface area contributed by atoms with Crippen LogP contribution in [-0.4, -0.2) is 23.9 Å². The number of rotatable bonds is 2. The zero-order valence-corrected chi connectivity index (χ0v) is 10.2. The molecule has 0 aromatic heterocycles. The molecular formula is C14H18FNO. The van der Waals surface area contributed by atoms with E-state index in [9.17, 15) is 9.18 Å². The highest BCUT2D eigenvalue weighted by Crippen LogP contribution is 2.16. The number of hydrogen-bond acceptors (Lipinski definition) is 1. The van der Waals surface area contributed by atoms with Gasteiger partial charge in [-0.05, 0) is 37.8 Å². The van der Waals surface area contributed by atoms with E-state index in [0.29, 0.717) is 5.56 Å². The topological polar surface area (TPSA) is 20.3 Å². The van der Waals surface area contributed by atoms with Crippen LogP contribution in [0.25, 0.3) is 0 Å². The van der Waals surface area contributed by atoms with Crippen LogP contribution in [0.1, 0.15) is 30.4 Å². The molecular weight excluding hydrogens is 217 g/mol. The Morgan fingerprint density at radius 2 is 2.00 bits per heavy atom. The van der Waals surface area contributed by atoms with Gasteiger partial charge < -0.3 is 4.90 Å². The summed E-state index contributed by atoms with van der Waals surface area (Å²) in [6.45, 7) is 3.50. The first-order valence-electron chi connectivity index (χ1n) is 6.20. The number of hydrogen-bond donors (Lipinski definition) is 0. The maximum Gasteiger partial charge on any atom is 0.227 e. The van der Waals surface area contributed by atoms with Crippen molar-refractivity contribution in [3.63, 3.8) is 0 Å². The third kappa shape index (κ3) is 2.84. The molecule has 1 fully saturated rings. The fraction of sp³-hybridized carbons (Fsp3) is 0.500. The van der Waals surface area contributed by atoms with Gasteiger partial charge in [0.15, 0.2) is 0 Å². The summed E-state index contributed by atoms with van der Waals surface area (Å²) in [5.74, 6) is -0.215. The number of nitrogens with zero attached hydrogens (tertiary/aromatic N) is 1. The molecule has 92 valence electrons. The minimum Gasteiger partial charge on any atom is -0.342 e. The van der Waals surface area contributed by atoms with Crippen LogP contribution >= 0.6 is 0 Å². The summed E-state index contributed by atoms with van der Waals surface area (Å²) in [7, 11) is 0. The van der Waals surface area contributed by atoms with E-state index in [4.69, 9.17) is 0 Å². The molecule has 0 bridgehead atoms. The van der Waals surface area contributed by atoms with Gasteiger partial charge in [0.1, 0.15) is 5.82 Å². The fourth-order valence-electron chi connectivity index (χ4n) is 2.30. The number of halogens is 1. The van der Waals surface area contributed by atoms with Crippen molar-refractivity contribution >= 4 is 5.91 Å². The molecule has 1 aromatic carbocycles. The van der Waals surface area contributed by atoms with E-state index in [1.165, 1.54) is 12.5 Å². The number of carbonyl (C=O) groups excluding carboxylic acids is 1. The summed E-state index contributed by atoms with van der Waals surface area (Å²) in [5, 5.41) is 0. The number of piperidine rings is 1. The SMILES string of the molecule is Cc1cccc(F)c1CC(=O)N1CCCCC1. The lowest BCUT2D eigenvalue weighted by Crippen LogP contribution is -2.36. The van der Waals surface area contributed by atoms with Crippen LogP contribution in [0.3, 0.4) is 0 Å². The Labute approximate surface area is 101 Å². The molecule has 0 spiro atoms. The smallest absolute Gasteiger partial charge is 0.227 e. The minimum atomic E-state index is -0.268. The highest BCUT2D eigenvalue weighted by Gasteiger charge is 2.18. The number of likely N-dealkylation sites (tertiary alicyclic amines) is 1. The maximum absolute atomic E-state index is 13.6. The molecule has 0 aliphatic carbocycles. The molecule has 2 rings (SSSR count). The van der Waals surface area contributed by atoms with Crippen LogP contribution in [0.4, 0.5) is 4.39 Å². The van der Waals surface area contributed by atoms with E-state index in [-0.39, 0.29) is 18.1 Å². The highest BCUT2D eigenvalue weighted by molar-refractivity contribution is 5.79. The lowest BCUT2D eigenvalue weighted by Gasteiger charge is -2.27. The maximum atomic E-state index is 13.6. The van der Waals surface area contributed by atoms with Crippen molar-refractivity contribution < 1.29 is 9.18 Å². The lowest BCUT2D eigenvalue weighted by atomic mass is 10.0. The molecule has 3 heteroatoms. The largest absolute Gasteiger partial charge is 0.342 e. The fourth-order valence-corrected chi connectivity index (χ4v) is 2.30. The summed E-state index contributed by atoms with van der Waals surface area (Å²) >= 11 is 0. The van der Waals surface area contributed by atoms with Gasteiger partial charge in [0.25, 0.3) is 0 Å².